The lowest BCUT2D eigenvalue weighted by Crippen LogP contribution is -2.55. The molecule has 0 aliphatic heterocycles. The van der Waals surface area contributed by atoms with E-state index in [1.54, 1.807) is 21.1 Å². The summed E-state index contributed by atoms with van der Waals surface area (Å²) in [6.07, 6.45) is 10.9. The third-order valence-electron chi connectivity index (χ3n) is 5.01. The molecule has 0 aromatic carbocycles. The zero-order chi connectivity index (χ0) is 21.6. The number of quaternary nitrogens is 1. The molecule has 0 heterocycles. The van der Waals surface area contributed by atoms with E-state index in [2.05, 4.69) is 6.92 Å². The van der Waals surface area contributed by atoms with Crippen LogP contribution in [0.15, 0.2) is 0 Å². The van der Waals surface area contributed by atoms with Gasteiger partial charge in [-0.1, -0.05) is 71.1 Å². The standard InChI is InChI=1S/C22H43NO5/c1-5-6-7-8-9-10-11-12-13-14-15-19(24)16-20(25)22(28,17-21(26)27)18-23(2,3)4/h19,24,28H,5-18H2,1-4H3/p+1. The first-order chi connectivity index (χ1) is 13.0. The van der Waals surface area contributed by atoms with E-state index in [-0.39, 0.29) is 17.4 Å². The fourth-order valence-corrected chi connectivity index (χ4v) is 3.65. The fraction of sp³-hybridized carbons (Fsp3) is 0.909. The number of aliphatic carboxylic acids is 1. The second kappa shape index (κ2) is 14.1. The molecule has 2 unspecified atom stereocenters. The predicted molar refractivity (Wildman–Crippen MR) is 112 cm³/mol. The second-order valence-electron chi connectivity index (χ2n) is 9.30. The molecule has 0 aliphatic rings. The Balaban J connectivity index is 4.12. The number of carboxylic acid groups (broad SMARTS) is 1. The van der Waals surface area contributed by atoms with E-state index in [9.17, 15) is 19.8 Å². The van der Waals surface area contributed by atoms with E-state index < -0.39 is 29.9 Å². The summed E-state index contributed by atoms with van der Waals surface area (Å²) >= 11 is 0. The van der Waals surface area contributed by atoms with Gasteiger partial charge in [0.05, 0.1) is 33.7 Å². The molecule has 166 valence electrons. The summed E-state index contributed by atoms with van der Waals surface area (Å²) in [5.74, 6) is -1.80. The quantitative estimate of drug-likeness (QED) is 0.241. The van der Waals surface area contributed by atoms with E-state index in [0.29, 0.717) is 6.42 Å². The topological polar surface area (TPSA) is 94.8 Å². The van der Waals surface area contributed by atoms with Gasteiger partial charge in [0.1, 0.15) is 6.54 Å². The van der Waals surface area contributed by atoms with E-state index in [0.717, 1.165) is 19.3 Å². The average Bonchev–Trinajstić information content (AvgIpc) is 2.54. The summed E-state index contributed by atoms with van der Waals surface area (Å²) in [6, 6.07) is 0. The van der Waals surface area contributed by atoms with Crippen molar-refractivity contribution in [3.63, 3.8) is 0 Å². The lowest BCUT2D eigenvalue weighted by atomic mass is 9.88. The summed E-state index contributed by atoms with van der Waals surface area (Å²) in [7, 11) is 5.38. The number of Topliss-reactive ketones (excluding diaryl/α,β-unsaturated/α-hetero) is 1. The van der Waals surface area contributed by atoms with Gasteiger partial charge >= 0.3 is 5.97 Å². The molecule has 0 rings (SSSR count). The van der Waals surface area contributed by atoms with Crippen molar-refractivity contribution in [3.05, 3.63) is 0 Å². The van der Waals surface area contributed by atoms with Gasteiger partial charge in [-0.15, -0.1) is 0 Å². The summed E-state index contributed by atoms with van der Waals surface area (Å²) in [5, 5.41) is 29.8. The number of unbranched alkanes of at least 4 members (excludes halogenated alkanes) is 9. The largest absolute Gasteiger partial charge is 0.481 e. The number of aliphatic hydroxyl groups is 2. The van der Waals surface area contributed by atoms with Crippen LogP contribution in [-0.2, 0) is 9.59 Å². The van der Waals surface area contributed by atoms with Crippen molar-refractivity contribution in [1.82, 2.24) is 0 Å². The normalized spacial score (nSPS) is 15.2. The molecule has 0 amide bonds. The monoisotopic (exact) mass is 402 g/mol. The number of carboxylic acids is 1. The number of carbonyl (C=O) groups excluding carboxylic acids is 1. The average molecular weight is 403 g/mol. The van der Waals surface area contributed by atoms with E-state index >= 15 is 0 Å². The molecular formula is C22H44NO5+. The Morgan fingerprint density at radius 2 is 1.36 bits per heavy atom. The maximum Gasteiger partial charge on any atom is 0.306 e. The number of rotatable bonds is 18. The highest BCUT2D eigenvalue weighted by molar-refractivity contribution is 5.91. The minimum Gasteiger partial charge on any atom is -0.481 e. The highest BCUT2D eigenvalue weighted by Gasteiger charge is 2.43. The summed E-state index contributed by atoms with van der Waals surface area (Å²) in [5.41, 5.74) is -1.94. The van der Waals surface area contributed by atoms with Crippen LogP contribution < -0.4 is 0 Å². The first-order valence-corrected chi connectivity index (χ1v) is 11.0. The number of hydrogen-bond donors (Lipinski definition) is 3. The smallest absolute Gasteiger partial charge is 0.306 e. The van der Waals surface area contributed by atoms with Crippen LogP contribution >= 0.6 is 0 Å². The van der Waals surface area contributed by atoms with Gasteiger partial charge in [-0.05, 0) is 6.42 Å². The first kappa shape index (κ1) is 27.0. The molecule has 0 saturated carbocycles. The number of likely N-dealkylation sites (N-methyl/N-ethyl adjacent to an activating group) is 1. The van der Waals surface area contributed by atoms with Crippen LogP contribution in [-0.4, -0.2) is 70.9 Å². The van der Waals surface area contributed by atoms with Gasteiger partial charge in [-0.2, -0.15) is 0 Å². The molecule has 2 atom stereocenters. The maximum absolute atomic E-state index is 12.5. The summed E-state index contributed by atoms with van der Waals surface area (Å²) in [4.78, 5) is 23.6. The minimum absolute atomic E-state index is 0.00308. The minimum atomic E-state index is -1.94. The Labute approximate surface area is 171 Å². The molecule has 6 heteroatoms. The van der Waals surface area contributed by atoms with Crippen LogP contribution in [0.25, 0.3) is 0 Å². The van der Waals surface area contributed by atoms with Gasteiger partial charge in [-0.25, -0.2) is 0 Å². The number of hydrogen-bond acceptors (Lipinski definition) is 4. The molecule has 0 aliphatic carbocycles. The van der Waals surface area contributed by atoms with Crippen LogP contribution in [0, 0.1) is 0 Å². The highest BCUT2D eigenvalue weighted by Crippen LogP contribution is 2.20. The van der Waals surface area contributed by atoms with Crippen LogP contribution in [0.3, 0.4) is 0 Å². The fourth-order valence-electron chi connectivity index (χ4n) is 3.65. The first-order valence-electron chi connectivity index (χ1n) is 11.0. The van der Waals surface area contributed by atoms with Crippen LogP contribution in [0.2, 0.25) is 0 Å². The molecule has 0 fully saturated rings. The van der Waals surface area contributed by atoms with E-state index in [1.165, 1.54) is 44.9 Å². The maximum atomic E-state index is 12.5. The Morgan fingerprint density at radius 3 is 1.79 bits per heavy atom. The van der Waals surface area contributed by atoms with Gasteiger partial charge in [0, 0.05) is 6.42 Å². The Morgan fingerprint density at radius 1 is 0.893 bits per heavy atom. The van der Waals surface area contributed by atoms with Crippen molar-refractivity contribution in [1.29, 1.82) is 0 Å². The Kier molecular flexibility index (Phi) is 13.6. The SMILES string of the molecule is CCCCCCCCCCCCC(O)CC(=O)C(O)(CC(=O)O)C[N+](C)(C)C. The molecule has 0 saturated heterocycles. The van der Waals surface area contributed by atoms with Crippen LogP contribution in [0.5, 0.6) is 0 Å². The molecule has 28 heavy (non-hydrogen) atoms. The number of ketones is 1. The predicted octanol–water partition coefficient (Wildman–Crippen LogP) is 3.53. The van der Waals surface area contributed by atoms with Gasteiger partial charge < -0.3 is 19.8 Å². The van der Waals surface area contributed by atoms with Crippen molar-refractivity contribution in [2.45, 2.75) is 102 Å². The van der Waals surface area contributed by atoms with Gasteiger partial charge in [0.15, 0.2) is 11.4 Å². The number of nitrogens with zero attached hydrogens (tertiary/aromatic N) is 1. The Hall–Kier alpha value is -0.980. The second-order valence-corrected chi connectivity index (χ2v) is 9.30. The molecule has 3 N–H and O–H groups in total. The molecule has 0 aromatic rings. The summed E-state index contributed by atoms with van der Waals surface area (Å²) in [6.45, 7) is 2.22. The third-order valence-corrected chi connectivity index (χ3v) is 5.01. The van der Waals surface area contributed by atoms with Gasteiger partial charge in [-0.3, -0.25) is 9.59 Å². The molecular weight excluding hydrogens is 358 g/mol. The van der Waals surface area contributed by atoms with Crippen molar-refractivity contribution in [2.75, 3.05) is 27.7 Å². The molecule has 0 radical (unpaired) electrons. The lowest BCUT2D eigenvalue weighted by molar-refractivity contribution is -0.875. The Bertz CT molecular complexity index is 447. The van der Waals surface area contributed by atoms with Crippen LogP contribution in [0.1, 0.15) is 90.4 Å². The van der Waals surface area contributed by atoms with Crippen molar-refractivity contribution < 1.29 is 29.4 Å². The van der Waals surface area contributed by atoms with Crippen LogP contribution in [0.4, 0.5) is 0 Å². The number of aliphatic hydroxyl groups excluding tert-OH is 1. The number of carbonyl (C=O) groups is 2. The molecule has 6 nitrogen and oxygen atoms in total. The van der Waals surface area contributed by atoms with Crippen molar-refractivity contribution >= 4 is 11.8 Å². The molecule has 0 spiro atoms. The van der Waals surface area contributed by atoms with Crippen molar-refractivity contribution in [2.24, 2.45) is 0 Å². The molecule has 0 bridgehead atoms. The van der Waals surface area contributed by atoms with Gasteiger partial charge in [0.2, 0.25) is 0 Å². The zero-order valence-electron chi connectivity index (χ0n) is 18.6. The third kappa shape index (κ3) is 14.1. The van der Waals surface area contributed by atoms with Crippen molar-refractivity contribution in [3.8, 4) is 0 Å². The van der Waals surface area contributed by atoms with Gasteiger partial charge in [0.25, 0.3) is 0 Å². The van der Waals surface area contributed by atoms with E-state index in [4.69, 9.17) is 5.11 Å². The van der Waals surface area contributed by atoms with E-state index in [1.807, 2.05) is 0 Å². The lowest BCUT2D eigenvalue weighted by Gasteiger charge is -2.34. The molecule has 0 aromatic heterocycles. The zero-order valence-corrected chi connectivity index (χ0v) is 18.6. The highest BCUT2D eigenvalue weighted by atomic mass is 16.4. The summed E-state index contributed by atoms with van der Waals surface area (Å²) < 4.78 is 0.268.